The lowest BCUT2D eigenvalue weighted by Gasteiger charge is -2.20. The molecule has 0 bridgehead atoms. The summed E-state index contributed by atoms with van der Waals surface area (Å²) >= 11 is 1.15. The molecule has 0 saturated heterocycles. The Kier molecular flexibility index (Phi) is 5.74. The van der Waals surface area contributed by atoms with Gasteiger partial charge in [0.25, 0.3) is 0 Å². The maximum atomic E-state index is 12.7. The molecular weight excluding hydrogens is 400 g/mol. The summed E-state index contributed by atoms with van der Waals surface area (Å²) in [5, 5.41) is 3.17. The number of hydrogen-bond donors (Lipinski definition) is 1. The Bertz CT molecular complexity index is 1140. The van der Waals surface area contributed by atoms with E-state index in [-0.39, 0.29) is 11.1 Å². The molecule has 0 aliphatic carbocycles. The molecule has 0 atom stereocenters. The van der Waals surface area contributed by atoms with Crippen molar-refractivity contribution in [2.45, 2.75) is 0 Å². The number of thiophene rings is 1. The van der Waals surface area contributed by atoms with Crippen LogP contribution in [-0.4, -0.2) is 40.4 Å². The molecule has 3 aromatic rings. The van der Waals surface area contributed by atoms with Gasteiger partial charge in [-0.3, -0.25) is 10.2 Å². The van der Waals surface area contributed by atoms with E-state index in [1.54, 1.807) is 25.2 Å². The van der Waals surface area contributed by atoms with Gasteiger partial charge in [-0.25, -0.2) is 14.4 Å². The highest BCUT2D eigenvalue weighted by Gasteiger charge is 2.19. The molecule has 1 N–H and O–H groups in total. The number of anilines is 2. The summed E-state index contributed by atoms with van der Waals surface area (Å²) in [6.45, 7) is 0. The number of methoxy groups -OCH3 is 3. The number of nitrogens with one attached hydrogen (secondary N) is 1. The number of rotatable bonds is 5. The van der Waals surface area contributed by atoms with E-state index in [9.17, 15) is 14.4 Å². The van der Waals surface area contributed by atoms with Crippen LogP contribution in [0.4, 0.5) is 15.5 Å². The van der Waals surface area contributed by atoms with E-state index in [4.69, 9.17) is 13.9 Å². The highest BCUT2D eigenvalue weighted by Crippen LogP contribution is 2.33. The first-order valence-electron chi connectivity index (χ1n) is 8.30. The lowest BCUT2D eigenvalue weighted by Crippen LogP contribution is -2.31. The zero-order chi connectivity index (χ0) is 21.1. The number of esters is 1. The first kappa shape index (κ1) is 20.2. The van der Waals surface area contributed by atoms with Crippen molar-refractivity contribution < 1.29 is 28.2 Å². The molecule has 0 radical (unpaired) electrons. The first-order chi connectivity index (χ1) is 13.9. The molecule has 0 spiro atoms. The van der Waals surface area contributed by atoms with E-state index < -0.39 is 17.6 Å². The van der Waals surface area contributed by atoms with Gasteiger partial charge in [-0.2, -0.15) is 0 Å². The van der Waals surface area contributed by atoms with Gasteiger partial charge in [-0.05, 0) is 18.2 Å². The van der Waals surface area contributed by atoms with Crippen molar-refractivity contribution in [3.63, 3.8) is 0 Å². The van der Waals surface area contributed by atoms with Crippen LogP contribution in [-0.2, 0) is 4.74 Å². The Morgan fingerprint density at radius 3 is 2.52 bits per heavy atom. The number of carbonyl (C=O) groups is 2. The minimum absolute atomic E-state index is 0.209. The van der Waals surface area contributed by atoms with Crippen LogP contribution in [0.25, 0.3) is 10.3 Å². The fourth-order valence-corrected chi connectivity index (χ4v) is 3.51. The Hall–Kier alpha value is -3.53. The molecule has 2 heterocycles. The van der Waals surface area contributed by atoms with Crippen LogP contribution in [0.1, 0.15) is 10.4 Å². The number of benzene rings is 1. The average molecular weight is 418 g/mol. The second kappa shape index (κ2) is 8.23. The van der Waals surface area contributed by atoms with Gasteiger partial charge < -0.3 is 18.6 Å². The van der Waals surface area contributed by atoms with E-state index in [0.29, 0.717) is 26.9 Å². The Morgan fingerprint density at radius 1 is 1.10 bits per heavy atom. The second-order valence-electron chi connectivity index (χ2n) is 5.81. The summed E-state index contributed by atoms with van der Waals surface area (Å²) in [7, 11) is 5.80. The monoisotopic (exact) mass is 418 g/mol. The molecule has 3 rings (SSSR count). The molecule has 1 aromatic carbocycles. The van der Waals surface area contributed by atoms with Crippen molar-refractivity contribution >= 4 is 44.3 Å². The largest absolute Gasteiger partial charge is 0.497 e. The van der Waals surface area contributed by atoms with Crippen molar-refractivity contribution in [2.24, 2.45) is 0 Å². The van der Waals surface area contributed by atoms with Crippen molar-refractivity contribution in [1.82, 2.24) is 0 Å². The Balaban J connectivity index is 1.86. The van der Waals surface area contributed by atoms with Gasteiger partial charge in [0, 0.05) is 19.2 Å². The highest BCUT2D eigenvalue weighted by atomic mass is 32.1. The molecule has 0 saturated carbocycles. The summed E-state index contributed by atoms with van der Waals surface area (Å²) < 4.78 is 20.7. The summed E-state index contributed by atoms with van der Waals surface area (Å²) in [6, 6.07) is 7.54. The SMILES string of the molecule is COC(=O)c1cc2sc(NC(=O)N(C)c3ccc(OC)cc3OC)cc2oc1=O. The molecular formula is C19H18N2O7S. The lowest BCUT2D eigenvalue weighted by atomic mass is 10.2. The van der Waals surface area contributed by atoms with E-state index in [1.165, 1.54) is 38.4 Å². The predicted molar refractivity (Wildman–Crippen MR) is 109 cm³/mol. The number of urea groups is 1. The van der Waals surface area contributed by atoms with Crippen LogP contribution in [0.3, 0.4) is 0 Å². The summed E-state index contributed by atoms with van der Waals surface area (Å²) in [4.78, 5) is 37.6. The van der Waals surface area contributed by atoms with Crippen LogP contribution in [0, 0.1) is 0 Å². The minimum Gasteiger partial charge on any atom is -0.497 e. The quantitative estimate of drug-likeness (QED) is 0.633. The van der Waals surface area contributed by atoms with Gasteiger partial charge in [0.15, 0.2) is 5.58 Å². The highest BCUT2D eigenvalue weighted by molar-refractivity contribution is 7.22. The van der Waals surface area contributed by atoms with Gasteiger partial charge in [-0.15, -0.1) is 11.3 Å². The zero-order valence-corrected chi connectivity index (χ0v) is 16.9. The van der Waals surface area contributed by atoms with Crippen LogP contribution in [0.15, 0.2) is 39.5 Å². The number of ether oxygens (including phenoxy) is 3. The molecule has 0 aliphatic rings. The molecule has 0 unspecified atom stereocenters. The first-order valence-corrected chi connectivity index (χ1v) is 9.12. The summed E-state index contributed by atoms with van der Waals surface area (Å²) in [5.74, 6) is 0.276. The topological polar surface area (TPSA) is 107 Å². The standard InChI is InChI=1S/C19H18N2O7S/c1-21(12-6-5-10(25-2)7-13(12)26-3)19(24)20-16-9-14-15(29-16)8-11(17(22)27-4)18(23)28-14/h5-9H,1-4H3,(H,20,24). The Morgan fingerprint density at radius 2 is 1.86 bits per heavy atom. The summed E-state index contributed by atoms with van der Waals surface area (Å²) in [5.41, 5.74) is -0.223. The van der Waals surface area contributed by atoms with E-state index >= 15 is 0 Å². The van der Waals surface area contributed by atoms with E-state index in [0.717, 1.165) is 11.3 Å². The maximum Gasteiger partial charge on any atom is 0.351 e. The van der Waals surface area contributed by atoms with Crippen molar-refractivity contribution in [3.8, 4) is 11.5 Å². The third-order valence-corrected chi connectivity index (χ3v) is 5.09. The molecule has 0 fully saturated rings. The third kappa shape index (κ3) is 4.02. The molecule has 2 aromatic heterocycles. The van der Waals surface area contributed by atoms with Crippen molar-refractivity contribution in [2.75, 3.05) is 38.6 Å². The second-order valence-corrected chi connectivity index (χ2v) is 6.89. The predicted octanol–water partition coefficient (Wildman–Crippen LogP) is 3.33. The van der Waals surface area contributed by atoms with Gasteiger partial charge in [0.05, 0.1) is 31.7 Å². The number of nitrogens with zero attached hydrogens (tertiary/aromatic N) is 1. The van der Waals surface area contributed by atoms with Gasteiger partial charge in [-0.1, -0.05) is 0 Å². The molecule has 2 amide bonds. The molecule has 10 heteroatoms. The number of hydrogen-bond acceptors (Lipinski definition) is 8. The van der Waals surface area contributed by atoms with Gasteiger partial charge in [0.2, 0.25) is 0 Å². The zero-order valence-electron chi connectivity index (χ0n) is 16.1. The normalized spacial score (nSPS) is 10.5. The number of fused-ring (bicyclic) bond motifs is 1. The minimum atomic E-state index is -0.805. The smallest absolute Gasteiger partial charge is 0.351 e. The Labute approximate surface area is 169 Å². The molecule has 0 aliphatic heterocycles. The number of amides is 2. The van der Waals surface area contributed by atoms with Crippen molar-refractivity contribution in [1.29, 1.82) is 0 Å². The number of carbonyl (C=O) groups excluding carboxylic acids is 2. The van der Waals surface area contributed by atoms with E-state index in [2.05, 4.69) is 10.1 Å². The van der Waals surface area contributed by atoms with Gasteiger partial charge in [0.1, 0.15) is 22.1 Å². The van der Waals surface area contributed by atoms with Crippen molar-refractivity contribution in [3.05, 3.63) is 46.3 Å². The molecule has 9 nitrogen and oxygen atoms in total. The fourth-order valence-electron chi connectivity index (χ4n) is 2.59. The average Bonchev–Trinajstić information content (AvgIpc) is 3.12. The van der Waals surface area contributed by atoms with Crippen LogP contribution < -0.4 is 25.3 Å². The van der Waals surface area contributed by atoms with Crippen LogP contribution >= 0.6 is 11.3 Å². The molecule has 29 heavy (non-hydrogen) atoms. The maximum absolute atomic E-state index is 12.7. The van der Waals surface area contributed by atoms with Crippen LogP contribution in [0.5, 0.6) is 11.5 Å². The van der Waals surface area contributed by atoms with E-state index in [1.807, 2.05) is 0 Å². The van der Waals surface area contributed by atoms with Gasteiger partial charge >= 0.3 is 17.6 Å². The van der Waals surface area contributed by atoms with Crippen LogP contribution in [0.2, 0.25) is 0 Å². The third-order valence-electron chi connectivity index (χ3n) is 4.11. The summed E-state index contributed by atoms with van der Waals surface area (Å²) in [6.07, 6.45) is 0. The lowest BCUT2D eigenvalue weighted by molar-refractivity contribution is 0.0596. The fraction of sp³-hybridized carbons (Fsp3) is 0.211. The molecule has 152 valence electrons.